The molecule has 16 heavy (non-hydrogen) atoms. The maximum Gasteiger partial charge on any atom is 0.152 e. The highest BCUT2D eigenvalue weighted by Crippen LogP contribution is 2.14. The molecule has 0 aliphatic carbocycles. The van der Waals surface area contributed by atoms with Gasteiger partial charge >= 0.3 is 0 Å². The third-order valence-electron chi connectivity index (χ3n) is 2.33. The Labute approximate surface area is 101 Å². The molecule has 0 amide bonds. The zero-order valence-electron chi connectivity index (χ0n) is 9.85. The summed E-state index contributed by atoms with van der Waals surface area (Å²) in [5.74, 6) is 0.689. The standard InChI is InChI=1S/C14H18OS/c1-3-8-13(4-2)11-12-16(15)14-9-6-5-7-10-14/h3-10H,11-12H2,1-2H3. The van der Waals surface area contributed by atoms with E-state index in [1.54, 1.807) is 0 Å². The molecule has 1 aromatic carbocycles. The van der Waals surface area contributed by atoms with Crippen LogP contribution < -0.4 is 0 Å². The van der Waals surface area contributed by atoms with Crippen molar-refractivity contribution in [1.29, 1.82) is 0 Å². The molecule has 2 heteroatoms. The highest BCUT2D eigenvalue weighted by molar-refractivity contribution is 7.91. The normalized spacial score (nSPS) is 14.3. The first-order valence-corrected chi connectivity index (χ1v) is 6.81. The topological polar surface area (TPSA) is 23.1 Å². The lowest BCUT2D eigenvalue weighted by Crippen LogP contribution is -2.07. The molecule has 1 nitrogen and oxygen atoms in total. The second-order valence-electron chi connectivity index (χ2n) is 3.48. The van der Waals surface area contributed by atoms with Crippen molar-refractivity contribution >= 4 is 11.2 Å². The third-order valence-corrected chi connectivity index (χ3v) is 3.71. The molecule has 0 spiro atoms. The van der Waals surface area contributed by atoms with Crippen molar-refractivity contribution in [2.24, 2.45) is 0 Å². The van der Waals surface area contributed by atoms with Crippen molar-refractivity contribution in [1.82, 2.24) is 0 Å². The molecule has 0 aromatic heterocycles. The molecule has 0 saturated heterocycles. The largest absolute Gasteiger partial charge is 0.611 e. The van der Waals surface area contributed by atoms with Gasteiger partial charge in [0.2, 0.25) is 0 Å². The number of rotatable bonds is 5. The Bertz CT molecular complexity index is 354. The summed E-state index contributed by atoms with van der Waals surface area (Å²) in [4.78, 5) is 0.915. The first-order valence-electron chi connectivity index (χ1n) is 5.49. The first-order chi connectivity index (χ1) is 7.77. The lowest BCUT2D eigenvalue weighted by Gasteiger charge is -2.10. The van der Waals surface area contributed by atoms with Gasteiger partial charge in [-0.2, -0.15) is 0 Å². The van der Waals surface area contributed by atoms with Crippen LogP contribution >= 0.6 is 0 Å². The van der Waals surface area contributed by atoms with Crippen LogP contribution in [0.25, 0.3) is 0 Å². The summed E-state index contributed by atoms with van der Waals surface area (Å²) in [5.41, 5.74) is 1.24. The van der Waals surface area contributed by atoms with Crippen molar-refractivity contribution in [3.63, 3.8) is 0 Å². The molecule has 0 radical (unpaired) electrons. The molecular formula is C14H18OS. The van der Waals surface area contributed by atoms with E-state index in [2.05, 4.69) is 12.2 Å². The minimum Gasteiger partial charge on any atom is -0.611 e. The van der Waals surface area contributed by atoms with Gasteiger partial charge in [-0.15, -0.1) is 0 Å². The Morgan fingerprint density at radius 3 is 2.50 bits per heavy atom. The van der Waals surface area contributed by atoms with E-state index in [9.17, 15) is 4.55 Å². The van der Waals surface area contributed by atoms with Gasteiger partial charge in [0.05, 0.1) is 0 Å². The maximum atomic E-state index is 11.9. The average Bonchev–Trinajstić information content (AvgIpc) is 2.35. The van der Waals surface area contributed by atoms with Crippen molar-refractivity contribution in [3.8, 4) is 0 Å². The quantitative estimate of drug-likeness (QED) is 0.562. The highest BCUT2D eigenvalue weighted by Gasteiger charge is 2.09. The van der Waals surface area contributed by atoms with E-state index >= 15 is 0 Å². The zero-order valence-corrected chi connectivity index (χ0v) is 10.7. The molecule has 0 saturated carbocycles. The SMILES string of the molecule is CC=CC(=CC)CC[S+]([O-])c1ccccc1. The minimum atomic E-state index is -0.884. The number of benzene rings is 1. The summed E-state index contributed by atoms with van der Waals surface area (Å²) in [7, 11) is 0. The Balaban J connectivity index is 2.50. The average molecular weight is 234 g/mol. The molecular weight excluding hydrogens is 216 g/mol. The fourth-order valence-corrected chi connectivity index (χ4v) is 2.56. The summed E-state index contributed by atoms with van der Waals surface area (Å²) < 4.78 is 11.9. The lowest BCUT2D eigenvalue weighted by molar-refractivity contribution is 0.594. The van der Waals surface area contributed by atoms with Gasteiger partial charge in [0.25, 0.3) is 0 Å². The van der Waals surface area contributed by atoms with E-state index in [1.165, 1.54) is 5.57 Å². The molecule has 0 N–H and O–H groups in total. The van der Waals surface area contributed by atoms with Gasteiger partial charge in [0.1, 0.15) is 5.75 Å². The van der Waals surface area contributed by atoms with Gasteiger partial charge in [-0.1, -0.05) is 36.4 Å². The lowest BCUT2D eigenvalue weighted by atomic mass is 10.2. The smallest absolute Gasteiger partial charge is 0.152 e. The molecule has 1 atom stereocenters. The Kier molecular flexibility index (Phi) is 5.98. The molecule has 1 unspecified atom stereocenters. The predicted octanol–water partition coefficient (Wildman–Crippen LogP) is 3.71. The molecule has 86 valence electrons. The molecule has 1 aromatic rings. The summed E-state index contributed by atoms with van der Waals surface area (Å²) in [6.07, 6.45) is 7.02. The fourth-order valence-electron chi connectivity index (χ4n) is 1.44. The second kappa shape index (κ2) is 7.31. The molecule has 0 bridgehead atoms. The van der Waals surface area contributed by atoms with Crippen molar-refractivity contribution < 1.29 is 4.55 Å². The van der Waals surface area contributed by atoms with Crippen LogP contribution in [0.2, 0.25) is 0 Å². The monoisotopic (exact) mass is 234 g/mol. The van der Waals surface area contributed by atoms with Gasteiger partial charge < -0.3 is 4.55 Å². The Morgan fingerprint density at radius 2 is 1.94 bits per heavy atom. The zero-order chi connectivity index (χ0) is 11.8. The van der Waals surface area contributed by atoms with Crippen LogP contribution in [0.1, 0.15) is 20.3 Å². The minimum absolute atomic E-state index is 0.689. The Morgan fingerprint density at radius 1 is 1.25 bits per heavy atom. The van der Waals surface area contributed by atoms with E-state index < -0.39 is 11.2 Å². The number of hydrogen-bond acceptors (Lipinski definition) is 1. The van der Waals surface area contributed by atoms with Crippen molar-refractivity contribution in [2.45, 2.75) is 25.2 Å². The Hall–Kier alpha value is -0.990. The van der Waals surface area contributed by atoms with E-state index in [1.807, 2.05) is 50.3 Å². The van der Waals surface area contributed by atoms with E-state index in [4.69, 9.17) is 0 Å². The van der Waals surface area contributed by atoms with E-state index in [0.29, 0.717) is 5.75 Å². The van der Waals surface area contributed by atoms with Crippen LogP contribution in [0, 0.1) is 0 Å². The van der Waals surface area contributed by atoms with Gasteiger partial charge in [-0.05, 0) is 42.7 Å². The summed E-state index contributed by atoms with van der Waals surface area (Å²) in [6, 6.07) is 9.63. The highest BCUT2D eigenvalue weighted by atomic mass is 32.2. The first kappa shape index (κ1) is 13.1. The van der Waals surface area contributed by atoms with Crippen LogP contribution in [0.4, 0.5) is 0 Å². The van der Waals surface area contributed by atoms with Crippen LogP contribution in [0.5, 0.6) is 0 Å². The van der Waals surface area contributed by atoms with E-state index in [-0.39, 0.29) is 0 Å². The van der Waals surface area contributed by atoms with Crippen molar-refractivity contribution in [2.75, 3.05) is 5.75 Å². The number of allylic oxidation sites excluding steroid dienone is 4. The van der Waals surface area contributed by atoms with Crippen molar-refractivity contribution in [3.05, 3.63) is 54.1 Å². The number of hydrogen-bond donors (Lipinski definition) is 0. The maximum absolute atomic E-state index is 11.9. The molecule has 0 aliphatic heterocycles. The third kappa shape index (κ3) is 4.25. The predicted molar refractivity (Wildman–Crippen MR) is 70.9 cm³/mol. The summed E-state index contributed by atoms with van der Waals surface area (Å²) in [5, 5.41) is 0. The van der Waals surface area contributed by atoms with Gasteiger partial charge in [-0.25, -0.2) is 0 Å². The summed E-state index contributed by atoms with van der Waals surface area (Å²) >= 11 is -0.884. The van der Waals surface area contributed by atoms with E-state index in [0.717, 1.165) is 11.3 Å². The molecule has 0 fully saturated rings. The second-order valence-corrected chi connectivity index (χ2v) is 5.05. The van der Waals surface area contributed by atoms with Gasteiger partial charge in [-0.3, -0.25) is 0 Å². The molecule has 1 rings (SSSR count). The van der Waals surface area contributed by atoms with Crippen LogP contribution in [-0.4, -0.2) is 10.3 Å². The van der Waals surface area contributed by atoms with Crippen LogP contribution in [0.15, 0.2) is 59.0 Å². The van der Waals surface area contributed by atoms with Crippen LogP contribution in [0.3, 0.4) is 0 Å². The molecule has 0 heterocycles. The van der Waals surface area contributed by atoms with Crippen LogP contribution in [-0.2, 0) is 11.2 Å². The van der Waals surface area contributed by atoms with Gasteiger partial charge in [0, 0.05) is 6.42 Å². The summed E-state index contributed by atoms with van der Waals surface area (Å²) in [6.45, 7) is 4.01. The molecule has 0 aliphatic rings. The fraction of sp³-hybridized carbons (Fsp3) is 0.286. The van der Waals surface area contributed by atoms with Gasteiger partial charge in [0.15, 0.2) is 4.90 Å².